The summed E-state index contributed by atoms with van der Waals surface area (Å²) in [5, 5.41) is 0. The molecule has 0 unspecified atom stereocenters. The summed E-state index contributed by atoms with van der Waals surface area (Å²) in [5.41, 5.74) is 0. The molecule has 0 aliphatic carbocycles. The van der Waals surface area contributed by atoms with Crippen molar-refractivity contribution >= 4 is 0 Å². The molecule has 0 saturated carbocycles. The molecule has 0 amide bonds. The molecule has 0 heterocycles. The van der Waals surface area contributed by atoms with Gasteiger partial charge in [0.2, 0.25) is 0 Å². The molecule has 0 aromatic rings. The number of ether oxygens (including phenoxy) is 2. The summed E-state index contributed by atoms with van der Waals surface area (Å²) in [7, 11) is 0. The van der Waals surface area contributed by atoms with E-state index in [0.29, 0.717) is 6.61 Å². The molecule has 0 aromatic carbocycles. The maximum Gasteiger partial charge on any atom is 0.0466 e. The molecule has 0 N–H and O–H groups in total. The van der Waals surface area contributed by atoms with Gasteiger partial charge in [0.25, 0.3) is 0 Å². The van der Waals surface area contributed by atoms with Crippen molar-refractivity contribution in [2.75, 3.05) is 26.4 Å². The zero-order valence-electron chi connectivity index (χ0n) is 8.18. The van der Waals surface area contributed by atoms with Crippen molar-refractivity contribution in [2.45, 2.75) is 32.6 Å². The highest BCUT2D eigenvalue weighted by molar-refractivity contribution is 4.42. The van der Waals surface area contributed by atoms with Gasteiger partial charge in [-0.05, 0) is 26.7 Å². The minimum Gasteiger partial charge on any atom is -0.382 e. The topological polar surface area (TPSA) is 18.5 Å². The van der Waals surface area contributed by atoms with E-state index in [9.17, 15) is 0 Å². The van der Waals surface area contributed by atoms with Gasteiger partial charge in [0.05, 0.1) is 0 Å². The van der Waals surface area contributed by atoms with Crippen molar-refractivity contribution in [3.63, 3.8) is 0 Å². The van der Waals surface area contributed by atoms with Gasteiger partial charge in [-0.15, -0.1) is 0 Å². The summed E-state index contributed by atoms with van der Waals surface area (Å²) in [6.45, 7) is 8.83. The molecule has 0 aliphatic heterocycles. The van der Waals surface area contributed by atoms with Crippen LogP contribution >= 0.6 is 0 Å². The Morgan fingerprint density at radius 3 is 2.00 bits per heavy atom. The lowest BCUT2D eigenvalue weighted by molar-refractivity contribution is 0.138. The highest BCUT2D eigenvalue weighted by Crippen LogP contribution is 2.00. The molecule has 0 bridgehead atoms. The molecule has 2 heteroatoms. The summed E-state index contributed by atoms with van der Waals surface area (Å²) in [6.07, 6.45) is 4.83. The lowest BCUT2D eigenvalue weighted by atomic mass is 10.2. The second-order valence-corrected chi connectivity index (χ2v) is 2.72. The highest BCUT2D eigenvalue weighted by Gasteiger charge is 1.89. The number of hydrogen-bond donors (Lipinski definition) is 0. The Morgan fingerprint density at radius 1 is 0.917 bits per heavy atom. The van der Waals surface area contributed by atoms with Gasteiger partial charge in [-0.25, -0.2) is 0 Å². The molecule has 0 aliphatic rings. The predicted octanol–water partition coefficient (Wildman–Crippen LogP) is 2.43. The Morgan fingerprint density at radius 2 is 1.50 bits per heavy atom. The summed E-state index contributed by atoms with van der Waals surface area (Å²) >= 11 is 0. The third kappa shape index (κ3) is 9.92. The fraction of sp³-hybridized carbons (Fsp3) is 0.900. The van der Waals surface area contributed by atoms with Crippen LogP contribution in [0.25, 0.3) is 0 Å². The van der Waals surface area contributed by atoms with Crippen molar-refractivity contribution in [1.82, 2.24) is 0 Å². The molecule has 0 spiro atoms. The molecule has 73 valence electrons. The monoisotopic (exact) mass is 173 g/mol. The maximum absolute atomic E-state index is 5.22. The van der Waals surface area contributed by atoms with Gasteiger partial charge < -0.3 is 9.47 Å². The van der Waals surface area contributed by atoms with Crippen LogP contribution in [0.4, 0.5) is 0 Å². The third-order valence-corrected chi connectivity index (χ3v) is 1.68. The van der Waals surface area contributed by atoms with Crippen molar-refractivity contribution in [3.05, 3.63) is 6.92 Å². The Labute approximate surface area is 76.3 Å². The van der Waals surface area contributed by atoms with E-state index < -0.39 is 0 Å². The van der Waals surface area contributed by atoms with E-state index in [0.717, 1.165) is 26.2 Å². The predicted molar refractivity (Wildman–Crippen MR) is 51.1 cm³/mol. The first-order valence-corrected chi connectivity index (χ1v) is 4.86. The van der Waals surface area contributed by atoms with Gasteiger partial charge in [-0.3, -0.25) is 0 Å². The first kappa shape index (κ1) is 11.9. The van der Waals surface area contributed by atoms with Gasteiger partial charge in [-0.1, -0.05) is 12.8 Å². The Kier molecular flexibility index (Phi) is 10.8. The van der Waals surface area contributed by atoms with Crippen molar-refractivity contribution in [2.24, 2.45) is 0 Å². The van der Waals surface area contributed by atoms with E-state index in [1.807, 2.05) is 6.92 Å². The first-order chi connectivity index (χ1) is 5.91. The number of rotatable bonds is 9. The molecule has 0 aromatic heterocycles. The molecule has 0 fully saturated rings. The Hall–Kier alpha value is -0.0800. The van der Waals surface area contributed by atoms with Gasteiger partial charge in [-0.2, -0.15) is 0 Å². The smallest absolute Gasteiger partial charge is 0.0466 e. The summed E-state index contributed by atoms with van der Waals surface area (Å²) in [6, 6.07) is 0. The summed E-state index contributed by atoms with van der Waals surface area (Å²) < 4.78 is 10.3. The lowest BCUT2D eigenvalue weighted by Crippen LogP contribution is -1.95. The number of unbranched alkanes of at least 4 members (excludes halogenated alkanes) is 3. The third-order valence-electron chi connectivity index (χ3n) is 1.68. The second kappa shape index (κ2) is 10.9. The fourth-order valence-electron chi connectivity index (χ4n) is 1.01. The molecular weight excluding hydrogens is 152 g/mol. The van der Waals surface area contributed by atoms with E-state index in [1.54, 1.807) is 0 Å². The minimum absolute atomic E-state index is 0.596. The zero-order chi connectivity index (χ0) is 9.07. The quantitative estimate of drug-likeness (QED) is 0.499. The van der Waals surface area contributed by atoms with Crippen LogP contribution in [0.2, 0.25) is 0 Å². The average Bonchev–Trinajstić information content (AvgIpc) is 2.10. The Bertz CT molecular complexity index is 64.2. The van der Waals surface area contributed by atoms with E-state index in [-0.39, 0.29) is 0 Å². The van der Waals surface area contributed by atoms with Gasteiger partial charge in [0.1, 0.15) is 0 Å². The molecule has 0 atom stereocenters. The van der Waals surface area contributed by atoms with E-state index in [1.165, 1.54) is 19.3 Å². The first-order valence-electron chi connectivity index (χ1n) is 4.86. The summed E-state index contributed by atoms with van der Waals surface area (Å²) in [4.78, 5) is 0. The van der Waals surface area contributed by atoms with Crippen LogP contribution in [0.15, 0.2) is 0 Å². The molecule has 0 saturated heterocycles. The van der Waals surface area contributed by atoms with E-state index >= 15 is 0 Å². The highest BCUT2D eigenvalue weighted by atomic mass is 16.5. The van der Waals surface area contributed by atoms with E-state index in [2.05, 4.69) is 6.92 Å². The van der Waals surface area contributed by atoms with E-state index in [4.69, 9.17) is 9.47 Å². The van der Waals surface area contributed by atoms with Gasteiger partial charge in [0, 0.05) is 26.4 Å². The average molecular weight is 173 g/mol. The van der Waals surface area contributed by atoms with Gasteiger partial charge >= 0.3 is 0 Å². The maximum atomic E-state index is 5.22. The largest absolute Gasteiger partial charge is 0.382 e. The van der Waals surface area contributed by atoms with Crippen LogP contribution in [0.5, 0.6) is 0 Å². The fourth-order valence-corrected chi connectivity index (χ4v) is 1.01. The van der Waals surface area contributed by atoms with Crippen LogP contribution < -0.4 is 0 Å². The van der Waals surface area contributed by atoms with Crippen molar-refractivity contribution in [1.29, 1.82) is 0 Å². The molecule has 1 radical (unpaired) electrons. The molecular formula is C10H21O2. The molecule has 0 rings (SSSR count). The molecule has 12 heavy (non-hydrogen) atoms. The SMILES string of the molecule is [CH2]COCCCCCCOCC. The normalized spacial score (nSPS) is 10.5. The Balaban J connectivity index is 2.73. The summed E-state index contributed by atoms with van der Waals surface area (Å²) in [5.74, 6) is 0. The van der Waals surface area contributed by atoms with Crippen molar-refractivity contribution < 1.29 is 9.47 Å². The van der Waals surface area contributed by atoms with Crippen LogP contribution in [-0.4, -0.2) is 26.4 Å². The second-order valence-electron chi connectivity index (χ2n) is 2.72. The van der Waals surface area contributed by atoms with Crippen LogP contribution in [-0.2, 0) is 9.47 Å². The van der Waals surface area contributed by atoms with Crippen LogP contribution in [0, 0.1) is 6.92 Å². The van der Waals surface area contributed by atoms with Crippen LogP contribution in [0.1, 0.15) is 32.6 Å². The van der Waals surface area contributed by atoms with Crippen LogP contribution in [0.3, 0.4) is 0 Å². The zero-order valence-corrected chi connectivity index (χ0v) is 8.18. The molecule has 2 nitrogen and oxygen atoms in total. The standard InChI is InChI=1S/C10H21O2/c1-3-11-9-7-5-6-8-10-12-4-2/h1,3-10H2,2H3. The van der Waals surface area contributed by atoms with Gasteiger partial charge in [0.15, 0.2) is 0 Å². The number of hydrogen-bond acceptors (Lipinski definition) is 2. The lowest BCUT2D eigenvalue weighted by Gasteiger charge is -2.01. The van der Waals surface area contributed by atoms with Crippen molar-refractivity contribution in [3.8, 4) is 0 Å². The minimum atomic E-state index is 0.596.